The fraction of sp³-hybridized carbons (Fsp3) is 0.111. The maximum absolute atomic E-state index is 12.3. The number of hydrogen-bond donors (Lipinski definition) is 1. The molecule has 4 nitrogen and oxygen atoms in total. The van der Waals surface area contributed by atoms with Crippen LogP contribution in [0, 0.1) is 0 Å². The molecular weight excluding hydrogens is 344 g/mol. The van der Waals surface area contributed by atoms with Gasteiger partial charge in [-0.3, -0.25) is 4.79 Å². The normalized spacial score (nSPS) is 10.4. The van der Waals surface area contributed by atoms with Crippen molar-refractivity contribution in [3.8, 4) is 16.3 Å². The van der Waals surface area contributed by atoms with E-state index in [0.29, 0.717) is 16.4 Å². The zero-order chi connectivity index (χ0) is 16.9. The van der Waals surface area contributed by atoms with Crippen LogP contribution in [0.4, 0.5) is 0 Å². The molecule has 6 heteroatoms. The van der Waals surface area contributed by atoms with Crippen LogP contribution in [0.3, 0.4) is 0 Å². The third-order valence-corrected chi connectivity index (χ3v) is 4.78. The number of aromatic nitrogens is 1. The average molecular weight is 359 g/mol. The molecule has 0 spiro atoms. The first-order valence-corrected chi connectivity index (χ1v) is 8.48. The van der Waals surface area contributed by atoms with Gasteiger partial charge in [0.25, 0.3) is 5.91 Å². The molecule has 1 heterocycles. The zero-order valence-corrected chi connectivity index (χ0v) is 14.5. The van der Waals surface area contributed by atoms with E-state index in [9.17, 15) is 4.79 Å². The molecule has 2 aromatic carbocycles. The molecule has 0 saturated heterocycles. The van der Waals surface area contributed by atoms with E-state index in [1.54, 1.807) is 19.4 Å². The van der Waals surface area contributed by atoms with Crippen LogP contribution in [0.15, 0.2) is 54.7 Å². The molecule has 0 aliphatic rings. The van der Waals surface area contributed by atoms with Gasteiger partial charge in [0.05, 0.1) is 18.3 Å². The van der Waals surface area contributed by atoms with E-state index in [1.165, 1.54) is 11.3 Å². The Labute approximate surface area is 149 Å². The molecule has 1 aromatic heterocycles. The molecule has 0 aliphatic carbocycles. The van der Waals surface area contributed by atoms with Gasteiger partial charge in [-0.05, 0) is 23.8 Å². The molecule has 0 saturated carbocycles. The number of methoxy groups -OCH3 is 1. The second-order valence-electron chi connectivity index (χ2n) is 5.04. The summed E-state index contributed by atoms with van der Waals surface area (Å²) >= 11 is 7.49. The van der Waals surface area contributed by atoms with Gasteiger partial charge in [-0.15, -0.1) is 11.3 Å². The lowest BCUT2D eigenvalue weighted by Gasteiger charge is -2.05. The van der Waals surface area contributed by atoms with Crippen LogP contribution in [0.2, 0.25) is 5.02 Å². The summed E-state index contributed by atoms with van der Waals surface area (Å²) in [6, 6.07) is 15.0. The number of carbonyl (C=O) groups excluding carboxylic acids is 1. The summed E-state index contributed by atoms with van der Waals surface area (Å²) in [7, 11) is 1.62. The number of carbonyl (C=O) groups is 1. The van der Waals surface area contributed by atoms with Gasteiger partial charge in [0.2, 0.25) is 0 Å². The van der Waals surface area contributed by atoms with Crippen molar-refractivity contribution < 1.29 is 9.53 Å². The SMILES string of the molecule is COc1cccc(CNC(=O)c2cnc(-c3ccccc3Cl)s2)c1. The largest absolute Gasteiger partial charge is 0.497 e. The van der Waals surface area contributed by atoms with Gasteiger partial charge in [0.1, 0.15) is 15.6 Å². The Morgan fingerprint density at radius 1 is 1.25 bits per heavy atom. The highest BCUT2D eigenvalue weighted by Crippen LogP contribution is 2.30. The van der Waals surface area contributed by atoms with Crippen molar-refractivity contribution in [1.29, 1.82) is 0 Å². The quantitative estimate of drug-likeness (QED) is 0.735. The predicted octanol–water partition coefficient (Wildman–Crippen LogP) is 4.40. The van der Waals surface area contributed by atoms with Gasteiger partial charge in [-0.1, -0.05) is 41.9 Å². The molecule has 3 rings (SSSR count). The van der Waals surface area contributed by atoms with Gasteiger partial charge >= 0.3 is 0 Å². The van der Waals surface area contributed by atoms with E-state index in [4.69, 9.17) is 16.3 Å². The molecule has 1 amide bonds. The lowest BCUT2D eigenvalue weighted by molar-refractivity contribution is 0.0954. The summed E-state index contributed by atoms with van der Waals surface area (Å²) in [5.41, 5.74) is 1.80. The highest BCUT2D eigenvalue weighted by atomic mass is 35.5. The molecular formula is C18H15ClN2O2S. The molecule has 1 N–H and O–H groups in total. The summed E-state index contributed by atoms with van der Waals surface area (Å²) in [4.78, 5) is 17.1. The first-order valence-electron chi connectivity index (χ1n) is 7.29. The number of rotatable bonds is 5. The summed E-state index contributed by atoms with van der Waals surface area (Å²) in [6.07, 6.45) is 1.57. The maximum Gasteiger partial charge on any atom is 0.263 e. The Balaban J connectivity index is 1.69. The first-order chi connectivity index (χ1) is 11.7. The van der Waals surface area contributed by atoms with Crippen molar-refractivity contribution in [3.63, 3.8) is 0 Å². The van der Waals surface area contributed by atoms with Crippen LogP contribution >= 0.6 is 22.9 Å². The number of nitrogens with one attached hydrogen (secondary N) is 1. The van der Waals surface area contributed by atoms with Gasteiger partial charge < -0.3 is 10.1 Å². The van der Waals surface area contributed by atoms with E-state index in [-0.39, 0.29) is 5.91 Å². The Kier molecular flexibility index (Phi) is 5.13. The minimum absolute atomic E-state index is 0.159. The van der Waals surface area contributed by atoms with Crippen LogP contribution in [0.25, 0.3) is 10.6 Å². The van der Waals surface area contributed by atoms with E-state index in [2.05, 4.69) is 10.3 Å². The van der Waals surface area contributed by atoms with Crippen molar-refractivity contribution in [2.45, 2.75) is 6.54 Å². The van der Waals surface area contributed by atoms with Crippen molar-refractivity contribution in [1.82, 2.24) is 10.3 Å². The third kappa shape index (κ3) is 3.75. The number of ether oxygens (including phenoxy) is 1. The van der Waals surface area contributed by atoms with Gasteiger partial charge in [0.15, 0.2) is 0 Å². The molecule has 3 aromatic rings. The van der Waals surface area contributed by atoms with E-state index in [0.717, 1.165) is 21.9 Å². The lowest BCUT2D eigenvalue weighted by atomic mass is 10.2. The minimum Gasteiger partial charge on any atom is -0.497 e. The van der Waals surface area contributed by atoms with Crippen LogP contribution in [0.5, 0.6) is 5.75 Å². The van der Waals surface area contributed by atoms with E-state index >= 15 is 0 Å². The van der Waals surface area contributed by atoms with E-state index < -0.39 is 0 Å². The molecule has 0 fully saturated rings. The summed E-state index contributed by atoms with van der Waals surface area (Å²) in [5, 5.41) is 4.24. The van der Waals surface area contributed by atoms with Crippen LogP contribution in [-0.4, -0.2) is 18.0 Å². The predicted molar refractivity (Wildman–Crippen MR) is 96.7 cm³/mol. The fourth-order valence-corrected chi connectivity index (χ4v) is 3.34. The number of hydrogen-bond acceptors (Lipinski definition) is 4. The molecule has 0 bridgehead atoms. The molecule has 24 heavy (non-hydrogen) atoms. The fourth-order valence-electron chi connectivity index (χ4n) is 2.19. The Morgan fingerprint density at radius 3 is 2.88 bits per heavy atom. The van der Waals surface area contributed by atoms with Gasteiger partial charge in [-0.2, -0.15) is 0 Å². The summed E-state index contributed by atoms with van der Waals surface area (Å²) in [5.74, 6) is 0.606. The number of thiazole rings is 1. The average Bonchev–Trinajstić information content (AvgIpc) is 3.10. The first kappa shape index (κ1) is 16.5. The Morgan fingerprint density at radius 2 is 2.08 bits per heavy atom. The van der Waals surface area contributed by atoms with Gasteiger partial charge in [-0.25, -0.2) is 4.98 Å². The summed E-state index contributed by atoms with van der Waals surface area (Å²) < 4.78 is 5.18. The number of halogens is 1. The van der Waals surface area contributed by atoms with Crippen LogP contribution < -0.4 is 10.1 Å². The van der Waals surface area contributed by atoms with E-state index in [1.807, 2.05) is 42.5 Å². The topological polar surface area (TPSA) is 51.2 Å². The summed E-state index contributed by atoms with van der Waals surface area (Å²) in [6.45, 7) is 0.426. The Bertz CT molecular complexity index is 863. The minimum atomic E-state index is -0.159. The second-order valence-corrected chi connectivity index (χ2v) is 6.48. The van der Waals surface area contributed by atoms with Crippen molar-refractivity contribution >= 4 is 28.8 Å². The third-order valence-electron chi connectivity index (χ3n) is 3.42. The highest BCUT2D eigenvalue weighted by Gasteiger charge is 2.13. The molecule has 0 aliphatic heterocycles. The van der Waals surface area contributed by atoms with Crippen molar-refractivity contribution in [3.05, 3.63) is 70.2 Å². The molecule has 0 atom stereocenters. The smallest absolute Gasteiger partial charge is 0.263 e. The maximum atomic E-state index is 12.3. The van der Waals surface area contributed by atoms with Crippen molar-refractivity contribution in [2.24, 2.45) is 0 Å². The monoisotopic (exact) mass is 358 g/mol. The highest BCUT2D eigenvalue weighted by molar-refractivity contribution is 7.17. The number of nitrogens with zero attached hydrogens (tertiary/aromatic N) is 1. The van der Waals surface area contributed by atoms with Crippen molar-refractivity contribution in [2.75, 3.05) is 7.11 Å². The molecule has 0 unspecified atom stereocenters. The number of benzene rings is 2. The van der Waals surface area contributed by atoms with Crippen LogP contribution in [-0.2, 0) is 6.54 Å². The van der Waals surface area contributed by atoms with Crippen LogP contribution in [0.1, 0.15) is 15.2 Å². The molecule has 122 valence electrons. The molecule has 0 radical (unpaired) electrons. The zero-order valence-electron chi connectivity index (χ0n) is 13.0. The van der Waals surface area contributed by atoms with Gasteiger partial charge in [0, 0.05) is 12.1 Å². The second kappa shape index (κ2) is 7.47. The lowest BCUT2D eigenvalue weighted by Crippen LogP contribution is -2.21. The number of amides is 1. The Hall–Kier alpha value is -2.37. The standard InChI is InChI=1S/C18H15ClN2O2S/c1-23-13-6-4-5-12(9-13)10-20-17(22)16-11-21-18(24-16)14-7-2-3-8-15(14)19/h2-9,11H,10H2,1H3,(H,20,22).